The summed E-state index contributed by atoms with van der Waals surface area (Å²) < 4.78 is 0. The lowest BCUT2D eigenvalue weighted by atomic mass is 10.0. The average Bonchev–Trinajstić information content (AvgIpc) is 3.07. The minimum atomic E-state index is -1.42. The summed E-state index contributed by atoms with van der Waals surface area (Å²) in [5, 5.41) is 38.6. The Morgan fingerprint density at radius 2 is 0.540 bits per heavy atom. The predicted octanol–water partition coefficient (Wildman–Crippen LogP) is 12.7. The number of carboxylic acid groups (broad SMARTS) is 2. The molecule has 0 saturated carbocycles. The van der Waals surface area contributed by atoms with Crippen LogP contribution < -0.4 is 0 Å². The van der Waals surface area contributed by atoms with Gasteiger partial charge in [-0.15, -0.1) is 0 Å². The van der Waals surface area contributed by atoms with Gasteiger partial charge in [0.1, 0.15) is 0 Å². The zero-order valence-corrected chi connectivity index (χ0v) is 32.4. The lowest BCUT2D eigenvalue weighted by molar-refractivity contribution is -0.511. The van der Waals surface area contributed by atoms with Crippen molar-refractivity contribution >= 4 is 11.9 Å². The first-order valence-electron chi connectivity index (χ1n) is 20.9. The van der Waals surface area contributed by atoms with Gasteiger partial charge in [-0.25, -0.2) is 9.59 Å². The molecule has 2 N–H and O–H groups in total. The van der Waals surface area contributed by atoms with Gasteiger partial charge in [0.25, 0.3) is 0 Å². The summed E-state index contributed by atoms with van der Waals surface area (Å²) in [4.78, 5) is 41.1. The minimum Gasteiger partial charge on any atom is -0.476 e. The number of carbonyl (C=O) groups is 2. The van der Waals surface area contributed by atoms with E-state index in [2.05, 4.69) is 13.8 Å². The second kappa shape index (κ2) is 39.5. The third-order valence-corrected chi connectivity index (χ3v) is 9.74. The van der Waals surface area contributed by atoms with E-state index in [9.17, 15) is 29.8 Å². The molecular weight excluding hydrogens is 636 g/mol. The van der Waals surface area contributed by atoms with Crippen molar-refractivity contribution in [2.75, 3.05) is 0 Å². The van der Waals surface area contributed by atoms with Gasteiger partial charge in [-0.2, -0.15) is 0 Å². The third kappa shape index (κ3) is 37.0. The van der Waals surface area contributed by atoms with E-state index in [1.54, 1.807) is 0 Å². The fourth-order valence-electron chi connectivity index (χ4n) is 6.41. The third-order valence-electron chi connectivity index (χ3n) is 9.74. The first kappa shape index (κ1) is 49.9. The largest absolute Gasteiger partial charge is 0.476 e. The molecule has 0 aliphatic carbocycles. The zero-order chi connectivity index (χ0) is 37.5. The summed E-state index contributed by atoms with van der Waals surface area (Å²) in [5.74, 6) is -2.63. The van der Waals surface area contributed by atoms with E-state index in [1.807, 2.05) is 0 Å². The number of unbranched alkanes of at least 4 members (excludes halogenated alkanes) is 30. The van der Waals surface area contributed by atoms with Crippen LogP contribution in [-0.2, 0) is 9.59 Å². The van der Waals surface area contributed by atoms with Gasteiger partial charge in [0.2, 0.25) is 0 Å². The first-order chi connectivity index (χ1) is 24.2. The van der Waals surface area contributed by atoms with E-state index in [-0.39, 0.29) is 12.8 Å². The van der Waals surface area contributed by atoms with Crippen LogP contribution in [0.2, 0.25) is 0 Å². The highest BCUT2D eigenvalue weighted by molar-refractivity contribution is 5.72. The smallest absolute Gasteiger partial charge is 0.379 e. The Balaban J connectivity index is 0. The standard InChI is InChI=1S/2C20H39NO4/c2*1-2-3-4-5-6-7-8-9-10-11-12-13-14-15-16-17-18-19(20(22)23)21(24)25/h2*19H,2-18H2,1H3,(H,22,23). The molecule has 10 nitrogen and oxygen atoms in total. The summed E-state index contributed by atoms with van der Waals surface area (Å²) >= 11 is 0. The minimum absolute atomic E-state index is 0.154. The second-order valence-electron chi connectivity index (χ2n) is 14.5. The van der Waals surface area contributed by atoms with E-state index < -0.39 is 33.9 Å². The maximum atomic E-state index is 10.7. The Kier molecular flexibility index (Phi) is 39.4. The topological polar surface area (TPSA) is 161 Å². The number of aliphatic carboxylic acids is 2. The molecule has 0 heterocycles. The molecule has 0 fully saturated rings. The van der Waals surface area contributed by atoms with E-state index in [1.165, 1.54) is 154 Å². The van der Waals surface area contributed by atoms with Gasteiger partial charge in [-0.1, -0.05) is 206 Å². The molecule has 10 heteroatoms. The number of rotatable bonds is 38. The predicted molar refractivity (Wildman–Crippen MR) is 205 cm³/mol. The van der Waals surface area contributed by atoms with Gasteiger partial charge in [-0.3, -0.25) is 20.2 Å². The number of hydrogen-bond acceptors (Lipinski definition) is 6. The Hall–Kier alpha value is -2.26. The molecule has 0 aliphatic rings. The molecule has 0 spiro atoms. The molecule has 0 aromatic carbocycles. The number of carboxylic acids is 2. The van der Waals surface area contributed by atoms with Gasteiger partial charge in [0, 0.05) is 22.7 Å². The lowest BCUT2D eigenvalue weighted by Crippen LogP contribution is -2.28. The van der Waals surface area contributed by atoms with Crippen LogP contribution in [0, 0.1) is 20.2 Å². The SMILES string of the molecule is CCCCCCCCCCCCCCCCCCC(C(=O)O)[N+](=O)[O-].CCCCCCCCCCCCCCCCCCC(C(=O)O)[N+](=O)[O-]. The average molecular weight is 715 g/mol. The van der Waals surface area contributed by atoms with E-state index >= 15 is 0 Å². The molecule has 0 amide bonds. The molecule has 296 valence electrons. The fourth-order valence-corrected chi connectivity index (χ4v) is 6.41. The Morgan fingerprint density at radius 1 is 0.380 bits per heavy atom. The zero-order valence-electron chi connectivity index (χ0n) is 32.4. The number of nitro groups is 2. The van der Waals surface area contributed by atoms with Gasteiger partial charge >= 0.3 is 24.0 Å². The molecule has 0 aromatic heterocycles. The van der Waals surface area contributed by atoms with Crippen LogP contribution in [0.15, 0.2) is 0 Å². The quantitative estimate of drug-likeness (QED) is 0.0363. The molecule has 0 bridgehead atoms. The van der Waals surface area contributed by atoms with Crippen molar-refractivity contribution in [3.05, 3.63) is 20.2 Å². The van der Waals surface area contributed by atoms with Crippen molar-refractivity contribution < 1.29 is 29.6 Å². The number of nitrogens with zero attached hydrogens (tertiary/aromatic N) is 2. The second-order valence-corrected chi connectivity index (χ2v) is 14.5. The molecule has 0 rings (SSSR count). The van der Waals surface area contributed by atoms with E-state index in [4.69, 9.17) is 10.2 Å². The van der Waals surface area contributed by atoms with Gasteiger partial charge in [-0.05, 0) is 12.8 Å². The van der Waals surface area contributed by atoms with Crippen molar-refractivity contribution in [3.8, 4) is 0 Å². The first-order valence-corrected chi connectivity index (χ1v) is 20.9. The van der Waals surface area contributed by atoms with Crippen LogP contribution in [0.25, 0.3) is 0 Å². The van der Waals surface area contributed by atoms with Crippen molar-refractivity contribution in [2.45, 2.75) is 244 Å². The fraction of sp³-hybridized carbons (Fsp3) is 0.950. The van der Waals surface area contributed by atoms with Gasteiger partial charge < -0.3 is 10.2 Å². The summed E-state index contributed by atoms with van der Waals surface area (Å²) in [5.41, 5.74) is 0. The molecule has 0 aromatic rings. The van der Waals surface area contributed by atoms with Crippen LogP contribution in [0.1, 0.15) is 232 Å². The van der Waals surface area contributed by atoms with E-state index in [0.717, 1.165) is 38.5 Å². The van der Waals surface area contributed by atoms with Gasteiger partial charge in [0.05, 0.1) is 0 Å². The van der Waals surface area contributed by atoms with Crippen molar-refractivity contribution in [1.29, 1.82) is 0 Å². The molecule has 0 radical (unpaired) electrons. The van der Waals surface area contributed by atoms with Crippen molar-refractivity contribution in [3.63, 3.8) is 0 Å². The normalized spacial score (nSPS) is 12.2. The maximum Gasteiger partial charge on any atom is 0.379 e. The monoisotopic (exact) mass is 715 g/mol. The Bertz CT molecular complexity index is 703. The van der Waals surface area contributed by atoms with Crippen LogP contribution >= 0.6 is 0 Å². The van der Waals surface area contributed by atoms with Crippen LogP contribution in [-0.4, -0.2) is 44.1 Å². The summed E-state index contributed by atoms with van der Waals surface area (Å²) in [6.45, 7) is 4.51. The highest BCUT2D eigenvalue weighted by Gasteiger charge is 2.28. The van der Waals surface area contributed by atoms with Crippen molar-refractivity contribution in [1.82, 2.24) is 0 Å². The summed E-state index contributed by atoms with van der Waals surface area (Å²) in [7, 11) is 0. The molecule has 50 heavy (non-hydrogen) atoms. The van der Waals surface area contributed by atoms with Crippen molar-refractivity contribution in [2.24, 2.45) is 0 Å². The Labute approximate surface area is 305 Å². The molecule has 2 unspecified atom stereocenters. The lowest BCUT2D eigenvalue weighted by Gasteiger charge is -2.05. The van der Waals surface area contributed by atoms with E-state index in [0.29, 0.717) is 12.8 Å². The van der Waals surface area contributed by atoms with Crippen LogP contribution in [0.4, 0.5) is 0 Å². The summed E-state index contributed by atoms with van der Waals surface area (Å²) in [6, 6.07) is -2.85. The molecule has 2 atom stereocenters. The Morgan fingerprint density at radius 3 is 0.680 bits per heavy atom. The molecular formula is C40H78N2O8. The van der Waals surface area contributed by atoms with Crippen LogP contribution in [0.5, 0.6) is 0 Å². The van der Waals surface area contributed by atoms with Crippen LogP contribution in [0.3, 0.4) is 0 Å². The number of hydrogen-bond donors (Lipinski definition) is 2. The molecule has 0 aliphatic heterocycles. The molecule has 0 saturated heterocycles. The van der Waals surface area contributed by atoms with Gasteiger partial charge in [0.15, 0.2) is 0 Å². The summed E-state index contributed by atoms with van der Waals surface area (Å²) in [6.07, 6.45) is 40.3. The highest BCUT2D eigenvalue weighted by atomic mass is 16.6. The highest BCUT2D eigenvalue weighted by Crippen LogP contribution is 2.16. The maximum absolute atomic E-state index is 10.7.